The van der Waals surface area contributed by atoms with Crippen LogP contribution in [0.3, 0.4) is 0 Å². The van der Waals surface area contributed by atoms with Crippen molar-refractivity contribution in [3.63, 3.8) is 0 Å². The summed E-state index contributed by atoms with van der Waals surface area (Å²) in [6.45, 7) is -0.0766. The number of anilines is 1. The Labute approximate surface area is 179 Å². The standard InChI is InChI=1S/C22H22ClN3O4/c1-26(14-20(27)25-18-6-4-3-5-17(18)23)22(28)12-11-21-24-13-19(30-21)15-7-9-16(29-2)10-8-15/h3-10,13H,11-12,14H2,1-2H3,(H,25,27). The largest absolute Gasteiger partial charge is 0.497 e. The number of methoxy groups -OCH3 is 1. The Morgan fingerprint density at radius 1 is 1.17 bits per heavy atom. The molecule has 8 heteroatoms. The van der Waals surface area contributed by atoms with Crippen molar-refractivity contribution in [1.29, 1.82) is 0 Å². The zero-order valence-corrected chi connectivity index (χ0v) is 17.5. The van der Waals surface area contributed by atoms with E-state index in [-0.39, 0.29) is 24.8 Å². The van der Waals surface area contributed by atoms with Crippen LogP contribution in [0.1, 0.15) is 12.3 Å². The van der Waals surface area contributed by atoms with E-state index in [0.29, 0.717) is 28.8 Å². The van der Waals surface area contributed by atoms with Crippen molar-refractivity contribution >= 4 is 29.1 Å². The Morgan fingerprint density at radius 2 is 1.90 bits per heavy atom. The van der Waals surface area contributed by atoms with Gasteiger partial charge in [0.1, 0.15) is 5.75 Å². The summed E-state index contributed by atoms with van der Waals surface area (Å²) >= 11 is 6.03. The average molecular weight is 428 g/mol. The summed E-state index contributed by atoms with van der Waals surface area (Å²) in [4.78, 5) is 30.1. The molecule has 0 bridgehead atoms. The van der Waals surface area contributed by atoms with Crippen molar-refractivity contribution in [3.8, 4) is 17.1 Å². The van der Waals surface area contributed by atoms with Crippen LogP contribution in [0, 0.1) is 0 Å². The Kier molecular flexibility index (Phi) is 7.08. The molecule has 1 heterocycles. The van der Waals surface area contributed by atoms with Gasteiger partial charge in [-0.2, -0.15) is 0 Å². The minimum Gasteiger partial charge on any atom is -0.497 e. The number of aryl methyl sites for hydroxylation is 1. The molecule has 1 aromatic heterocycles. The number of hydrogen-bond donors (Lipinski definition) is 1. The molecule has 0 spiro atoms. The smallest absolute Gasteiger partial charge is 0.244 e. The number of hydrogen-bond acceptors (Lipinski definition) is 5. The van der Waals surface area contributed by atoms with Crippen molar-refractivity contribution in [2.45, 2.75) is 12.8 Å². The van der Waals surface area contributed by atoms with Crippen LogP contribution in [0.2, 0.25) is 5.02 Å². The Balaban J connectivity index is 1.49. The van der Waals surface area contributed by atoms with Crippen LogP contribution in [0.15, 0.2) is 59.1 Å². The van der Waals surface area contributed by atoms with Crippen LogP contribution in [0.25, 0.3) is 11.3 Å². The molecule has 0 aliphatic carbocycles. The van der Waals surface area contributed by atoms with Gasteiger partial charge >= 0.3 is 0 Å². The fraction of sp³-hybridized carbons (Fsp3) is 0.227. The monoisotopic (exact) mass is 427 g/mol. The number of amides is 2. The van der Waals surface area contributed by atoms with Crippen LogP contribution in [0.5, 0.6) is 5.75 Å². The van der Waals surface area contributed by atoms with Crippen LogP contribution in [-0.4, -0.2) is 42.4 Å². The Bertz CT molecular complexity index is 1020. The first kappa shape index (κ1) is 21.4. The molecule has 0 saturated heterocycles. The molecule has 30 heavy (non-hydrogen) atoms. The number of halogens is 1. The number of ether oxygens (including phenoxy) is 1. The van der Waals surface area contributed by atoms with Gasteiger partial charge in [-0.1, -0.05) is 23.7 Å². The number of nitrogens with one attached hydrogen (secondary N) is 1. The molecular formula is C22H22ClN3O4. The van der Waals surface area contributed by atoms with Crippen LogP contribution in [0.4, 0.5) is 5.69 Å². The number of carbonyl (C=O) groups excluding carboxylic acids is 2. The van der Waals surface area contributed by atoms with Crippen LogP contribution < -0.4 is 10.1 Å². The van der Waals surface area contributed by atoms with Gasteiger partial charge in [-0.15, -0.1) is 0 Å². The minimum atomic E-state index is -0.322. The first-order valence-corrected chi connectivity index (χ1v) is 9.71. The van der Waals surface area contributed by atoms with Crippen molar-refractivity contribution in [1.82, 2.24) is 9.88 Å². The Hall–Kier alpha value is -3.32. The quantitative estimate of drug-likeness (QED) is 0.586. The van der Waals surface area contributed by atoms with E-state index in [1.165, 1.54) is 4.90 Å². The van der Waals surface area contributed by atoms with Gasteiger partial charge < -0.3 is 19.4 Å². The molecule has 0 saturated carbocycles. The second kappa shape index (κ2) is 9.93. The zero-order valence-electron chi connectivity index (χ0n) is 16.7. The van der Waals surface area contributed by atoms with Gasteiger partial charge in [0.05, 0.1) is 30.6 Å². The third-order valence-electron chi connectivity index (χ3n) is 4.44. The topological polar surface area (TPSA) is 84.7 Å². The number of benzene rings is 2. The number of rotatable bonds is 8. The van der Waals surface area contributed by atoms with E-state index in [1.807, 2.05) is 24.3 Å². The second-order valence-electron chi connectivity index (χ2n) is 6.62. The van der Waals surface area contributed by atoms with E-state index in [9.17, 15) is 9.59 Å². The van der Waals surface area contributed by atoms with Gasteiger partial charge in [-0.05, 0) is 36.4 Å². The van der Waals surface area contributed by atoms with E-state index >= 15 is 0 Å². The van der Waals surface area contributed by atoms with Crippen LogP contribution in [-0.2, 0) is 16.0 Å². The van der Waals surface area contributed by atoms with Gasteiger partial charge in [-0.25, -0.2) is 4.98 Å². The fourth-order valence-electron chi connectivity index (χ4n) is 2.78. The summed E-state index contributed by atoms with van der Waals surface area (Å²) in [5, 5.41) is 3.14. The molecule has 1 N–H and O–H groups in total. The maximum atomic E-state index is 12.4. The highest BCUT2D eigenvalue weighted by atomic mass is 35.5. The van der Waals surface area contributed by atoms with E-state index in [4.69, 9.17) is 20.8 Å². The second-order valence-corrected chi connectivity index (χ2v) is 7.03. The lowest BCUT2D eigenvalue weighted by Gasteiger charge is -2.16. The van der Waals surface area contributed by atoms with Gasteiger partial charge in [0, 0.05) is 25.5 Å². The summed E-state index contributed by atoms with van der Waals surface area (Å²) < 4.78 is 10.9. The molecule has 0 aliphatic rings. The third kappa shape index (κ3) is 5.61. The Morgan fingerprint density at radius 3 is 2.60 bits per heavy atom. The summed E-state index contributed by atoms with van der Waals surface area (Å²) in [6, 6.07) is 14.4. The third-order valence-corrected chi connectivity index (χ3v) is 4.76. The first-order valence-electron chi connectivity index (χ1n) is 9.33. The first-order chi connectivity index (χ1) is 14.5. The van der Waals surface area contributed by atoms with Crippen LogP contribution >= 0.6 is 11.6 Å². The lowest BCUT2D eigenvalue weighted by Crippen LogP contribution is -2.35. The molecule has 0 unspecified atom stereocenters. The number of oxazole rings is 1. The van der Waals surface area contributed by atoms with Crippen molar-refractivity contribution in [3.05, 3.63) is 65.6 Å². The molecule has 7 nitrogen and oxygen atoms in total. The number of carbonyl (C=O) groups is 2. The summed E-state index contributed by atoms with van der Waals surface area (Å²) in [6.07, 6.45) is 2.15. The lowest BCUT2D eigenvalue weighted by atomic mass is 10.2. The molecule has 0 atom stereocenters. The van der Waals surface area contributed by atoms with Gasteiger partial charge in [0.15, 0.2) is 11.7 Å². The lowest BCUT2D eigenvalue weighted by molar-refractivity contribution is -0.133. The molecule has 3 aromatic rings. The minimum absolute atomic E-state index is 0.0766. The van der Waals surface area contributed by atoms with Gasteiger partial charge in [0.25, 0.3) is 0 Å². The zero-order chi connectivity index (χ0) is 21.5. The maximum absolute atomic E-state index is 12.4. The average Bonchev–Trinajstić information content (AvgIpc) is 3.22. The summed E-state index contributed by atoms with van der Waals surface area (Å²) in [5.41, 5.74) is 1.38. The molecule has 2 aromatic carbocycles. The predicted molar refractivity (Wildman–Crippen MR) is 115 cm³/mol. The van der Waals surface area contributed by atoms with E-state index in [1.54, 1.807) is 44.6 Å². The molecule has 2 amide bonds. The van der Waals surface area contributed by atoms with Crippen molar-refractivity contribution in [2.24, 2.45) is 0 Å². The van der Waals surface area contributed by atoms with E-state index < -0.39 is 0 Å². The number of nitrogens with zero attached hydrogens (tertiary/aromatic N) is 2. The predicted octanol–water partition coefficient (Wildman–Crippen LogP) is 4.03. The number of aromatic nitrogens is 1. The summed E-state index contributed by atoms with van der Waals surface area (Å²) in [5.74, 6) is 1.33. The maximum Gasteiger partial charge on any atom is 0.244 e. The van der Waals surface area contributed by atoms with Gasteiger partial charge in [0.2, 0.25) is 11.8 Å². The molecule has 0 aliphatic heterocycles. The SMILES string of the molecule is COc1ccc(-c2cnc(CCC(=O)N(C)CC(=O)Nc3ccccc3Cl)o2)cc1. The van der Waals surface area contributed by atoms with Crippen molar-refractivity contribution < 1.29 is 18.7 Å². The summed E-state index contributed by atoms with van der Waals surface area (Å²) in [7, 11) is 3.18. The van der Waals surface area contributed by atoms with Gasteiger partial charge in [-0.3, -0.25) is 9.59 Å². The van der Waals surface area contributed by atoms with Crippen molar-refractivity contribution in [2.75, 3.05) is 26.0 Å². The van der Waals surface area contributed by atoms with E-state index in [0.717, 1.165) is 11.3 Å². The highest BCUT2D eigenvalue weighted by molar-refractivity contribution is 6.33. The molecule has 0 fully saturated rings. The molecule has 0 radical (unpaired) electrons. The highest BCUT2D eigenvalue weighted by Crippen LogP contribution is 2.23. The molecule has 156 valence electrons. The number of likely N-dealkylation sites (N-methyl/N-ethyl adjacent to an activating group) is 1. The molecule has 3 rings (SSSR count). The highest BCUT2D eigenvalue weighted by Gasteiger charge is 2.15. The van der Waals surface area contributed by atoms with E-state index in [2.05, 4.69) is 10.3 Å². The normalized spacial score (nSPS) is 10.5. The fourth-order valence-corrected chi connectivity index (χ4v) is 2.96. The number of para-hydroxylation sites is 1. The molecular weight excluding hydrogens is 406 g/mol.